The van der Waals surface area contributed by atoms with Crippen molar-refractivity contribution in [3.63, 3.8) is 0 Å². The van der Waals surface area contributed by atoms with Gasteiger partial charge in [0.15, 0.2) is 0 Å². The molecule has 2 N–H and O–H groups in total. The Kier molecular flexibility index (Phi) is 3.46. The second-order valence-electron chi connectivity index (χ2n) is 5.81. The quantitative estimate of drug-likeness (QED) is 0.885. The fourth-order valence-corrected chi connectivity index (χ4v) is 2.70. The molecule has 0 saturated heterocycles. The van der Waals surface area contributed by atoms with E-state index in [2.05, 4.69) is 5.32 Å². The summed E-state index contributed by atoms with van der Waals surface area (Å²) in [5.74, 6) is -1.76. The molecule has 1 aromatic rings. The van der Waals surface area contributed by atoms with E-state index in [0.717, 1.165) is 5.56 Å². The SMILES string of the molecule is COc1cc(C)ccc1NC(=O)C1C(C(=O)O)C1(C)C. The number of rotatable bonds is 4. The Balaban J connectivity index is 2.16. The van der Waals surface area contributed by atoms with Crippen molar-refractivity contribution in [1.29, 1.82) is 0 Å². The van der Waals surface area contributed by atoms with Crippen molar-refractivity contribution in [2.24, 2.45) is 17.3 Å². The Morgan fingerprint density at radius 2 is 1.95 bits per heavy atom. The number of carbonyl (C=O) groups is 2. The van der Waals surface area contributed by atoms with Crippen LogP contribution in [0.15, 0.2) is 18.2 Å². The lowest BCUT2D eigenvalue weighted by atomic mass is 10.1. The highest BCUT2D eigenvalue weighted by Crippen LogP contribution is 2.58. The van der Waals surface area contributed by atoms with Gasteiger partial charge in [0.25, 0.3) is 0 Å². The van der Waals surface area contributed by atoms with Crippen molar-refractivity contribution in [2.75, 3.05) is 12.4 Å². The number of amides is 1. The summed E-state index contributed by atoms with van der Waals surface area (Å²) >= 11 is 0. The van der Waals surface area contributed by atoms with Gasteiger partial charge >= 0.3 is 5.97 Å². The number of aliphatic carboxylic acids is 1. The molecule has 0 radical (unpaired) electrons. The van der Waals surface area contributed by atoms with Gasteiger partial charge in [-0.25, -0.2) is 0 Å². The highest BCUT2D eigenvalue weighted by atomic mass is 16.5. The van der Waals surface area contributed by atoms with Crippen LogP contribution in [0.2, 0.25) is 0 Å². The zero-order valence-corrected chi connectivity index (χ0v) is 12.1. The van der Waals surface area contributed by atoms with Crippen molar-refractivity contribution in [2.45, 2.75) is 20.8 Å². The van der Waals surface area contributed by atoms with Crippen molar-refractivity contribution in [3.05, 3.63) is 23.8 Å². The highest BCUT2D eigenvalue weighted by molar-refractivity contribution is 6.00. The summed E-state index contributed by atoms with van der Waals surface area (Å²) in [6.45, 7) is 5.52. The maximum atomic E-state index is 12.2. The van der Waals surface area contributed by atoms with E-state index in [1.807, 2.05) is 19.1 Å². The normalized spacial score (nSPS) is 23.0. The molecule has 1 aromatic carbocycles. The van der Waals surface area contributed by atoms with Gasteiger partial charge in [0.1, 0.15) is 5.75 Å². The number of aryl methyl sites for hydroxylation is 1. The predicted molar refractivity (Wildman–Crippen MR) is 74.8 cm³/mol. The summed E-state index contributed by atoms with van der Waals surface area (Å²) in [4.78, 5) is 23.3. The first-order valence-electron chi connectivity index (χ1n) is 6.47. The average Bonchev–Trinajstić information content (AvgIpc) is 2.94. The molecule has 1 aliphatic rings. The van der Waals surface area contributed by atoms with Crippen LogP contribution in [0.4, 0.5) is 5.69 Å². The van der Waals surface area contributed by atoms with Gasteiger partial charge in [-0.1, -0.05) is 19.9 Å². The molecule has 1 aliphatic carbocycles. The summed E-state index contributed by atoms with van der Waals surface area (Å²) in [7, 11) is 1.53. The van der Waals surface area contributed by atoms with E-state index in [1.54, 1.807) is 19.9 Å². The van der Waals surface area contributed by atoms with Gasteiger partial charge in [0.05, 0.1) is 24.6 Å². The van der Waals surface area contributed by atoms with Gasteiger partial charge in [-0.3, -0.25) is 9.59 Å². The average molecular weight is 277 g/mol. The van der Waals surface area contributed by atoms with Crippen LogP contribution in [0.3, 0.4) is 0 Å². The van der Waals surface area contributed by atoms with Gasteiger partial charge < -0.3 is 15.2 Å². The number of nitrogens with one attached hydrogen (secondary N) is 1. The molecule has 0 spiro atoms. The molecular weight excluding hydrogens is 258 g/mol. The summed E-state index contributed by atoms with van der Waals surface area (Å²) in [6.07, 6.45) is 0. The maximum Gasteiger partial charge on any atom is 0.307 e. The number of benzene rings is 1. The molecule has 0 aliphatic heterocycles. The zero-order valence-electron chi connectivity index (χ0n) is 12.1. The predicted octanol–water partition coefficient (Wildman–Crippen LogP) is 2.30. The molecule has 20 heavy (non-hydrogen) atoms. The van der Waals surface area contributed by atoms with Crippen LogP contribution in [0, 0.1) is 24.2 Å². The first kappa shape index (κ1) is 14.4. The summed E-state index contributed by atoms with van der Waals surface area (Å²) in [5, 5.41) is 11.9. The minimum absolute atomic E-state index is 0.274. The van der Waals surface area contributed by atoms with E-state index < -0.39 is 23.2 Å². The van der Waals surface area contributed by atoms with Crippen LogP contribution < -0.4 is 10.1 Å². The second kappa shape index (κ2) is 4.81. The van der Waals surface area contributed by atoms with Crippen molar-refractivity contribution < 1.29 is 19.4 Å². The van der Waals surface area contributed by atoms with Crippen molar-refractivity contribution in [3.8, 4) is 5.75 Å². The summed E-state index contributed by atoms with van der Waals surface area (Å²) < 4.78 is 5.22. The third kappa shape index (κ3) is 2.35. The minimum Gasteiger partial charge on any atom is -0.495 e. The number of methoxy groups -OCH3 is 1. The molecule has 1 amide bonds. The van der Waals surface area contributed by atoms with Crippen LogP contribution in [0.25, 0.3) is 0 Å². The largest absolute Gasteiger partial charge is 0.495 e. The Morgan fingerprint density at radius 1 is 1.30 bits per heavy atom. The number of carboxylic acids is 1. The third-order valence-corrected chi connectivity index (χ3v) is 3.99. The monoisotopic (exact) mass is 277 g/mol. The van der Waals surface area contributed by atoms with Crippen LogP contribution in [0.5, 0.6) is 5.75 Å². The van der Waals surface area contributed by atoms with E-state index in [1.165, 1.54) is 7.11 Å². The van der Waals surface area contributed by atoms with Gasteiger partial charge in [-0.05, 0) is 30.0 Å². The lowest BCUT2D eigenvalue weighted by Crippen LogP contribution is -2.18. The topological polar surface area (TPSA) is 75.6 Å². The third-order valence-electron chi connectivity index (χ3n) is 3.99. The van der Waals surface area contributed by atoms with Crippen LogP contribution in [0.1, 0.15) is 19.4 Å². The molecule has 1 saturated carbocycles. The Morgan fingerprint density at radius 3 is 2.45 bits per heavy atom. The number of carboxylic acid groups (broad SMARTS) is 1. The minimum atomic E-state index is -0.925. The van der Waals surface area contributed by atoms with E-state index in [0.29, 0.717) is 11.4 Å². The zero-order chi connectivity index (χ0) is 15.1. The summed E-state index contributed by atoms with van der Waals surface area (Å²) in [6, 6.07) is 5.45. The van der Waals surface area contributed by atoms with Crippen molar-refractivity contribution in [1.82, 2.24) is 0 Å². The molecule has 5 nitrogen and oxygen atoms in total. The lowest BCUT2D eigenvalue weighted by molar-refractivity contribution is -0.140. The van der Waals surface area contributed by atoms with Crippen molar-refractivity contribution >= 4 is 17.6 Å². The molecule has 2 atom stereocenters. The molecule has 0 heterocycles. The van der Waals surface area contributed by atoms with E-state index in [-0.39, 0.29) is 5.91 Å². The smallest absolute Gasteiger partial charge is 0.307 e. The number of hydrogen-bond donors (Lipinski definition) is 2. The van der Waals surface area contributed by atoms with Gasteiger partial charge in [-0.2, -0.15) is 0 Å². The maximum absolute atomic E-state index is 12.2. The number of carbonyl (C=O) groups excluding carboxylic acids is 1. The number of hydrogen-bond acceptors (Lipinski definition) is 3. The molecular formula is C15H19NO4. The van der Waals surface area contributed by atoms with E-state index in [9.17, 15) is 9.59 Å². The van der Waals surface area contributed by atoms with Gasteiger partial charge in [0.2, 0.25) is 5.91 Å². The first-order valence-corrected chi connectivity index (χ1v) is 6.47. The Hall–Kier alpha value is -2.04. The van der Waals surface area contributed by atoms with E-state index >= 15 is 0 Å². The molecule has 108 valence electrons. The van der Waals surface area contributed by atoms with Crippen LogP contribution in [-0.2, 0) is 9.59 Å². The van der Waals surface area contributed by atoms with Crippen LogP contribution >= 0.6 is 0 Å². The second-order valence-corrected chi connectivity index (χ2v) is 5.81. The fourth-order valence-electron chi connectivity index (χ4n) is 2.70. The summed E-state index contributed by atoms with van der Waals surface area (Å²) in [5.41, 5.74) is 1.08. The fraction of sp³-hybridized carbons (Fsp3) is 0.467. The molecule has 5 heteroatoms. The number of anilines is 1. The Labute approximate surface area is 117 Å². The van der Waals surface area contributed by atoms with Crippen LogP contribution in [-0.4, -0.2) is 24.1 Å². The molecule has 2 rings (SSSR count). The molecule has 0 bridgehead atoms. The first-order chi connectivity index (χ1) is 9.28. The van der Waals surface area contributed by atoms with Gasteiger partial charge in [0, 0.05) is 0 Å². The number of ether oxygens (including phenoxy) is 1. The molecule has 1 fully saturated rings. The lowest BCUT2D eigenvalue weighted by Gasteiger charge is -2.11. The van der Waals surface area contributed by atoms with E-state index in [4.69, 9.17) is 9.84 Å². The highest BCUT2D eigenvalue weighted by Gasteiger charge is 2.65. The standard InChI is InChI=1S/C15H19NO4/c1-8-5-6-9(10(7-8)20-4)16-13(17)11-12(14(18)19)15(11,2)3/h5-7,11-12H,1-4H3,(H,16,17)(H,18,19). The Bertz CT molecular complexity index is 565. The molecule has 0 aromatic heterocycles. The van der Waals surface area contributed by atoms with Gasteiger partial charge in [-0.15, -0.1) is 0 Å². The molecule has 2 unspecified atom stereocenters.